The second-order valence-corrected chi connectivity index (χ2v) is 17.7. The van der Waals surface area contributed by atoms with E-state index in [4.69, 9.17) is 14.2 Å². The smallest absolute Gasteiger partial charge is 0.306 e. The van der Waals surface area contributed by atoms with Crippen molar-refractivity contribution < 1.29 is 28.6 Å². The fraction of sp³-hybridized carbons (Fsp3) is 0.712. The Morgan fingerprint density at radius 3 is 1.02 bits per heavy atom. The topological polar surface area (TPSA) is 78.9 Å². The summed E-state index contributed by atoms with van der Waals surface area (Å²) in [5, 5.41) is 0. The summed E-state index contributed by atoms with van der Waals surface area (Å²) in [4.78, 5) is 38.0. The van der Waals surface area contributed by atoms with Gasteiger partial charge in [-0.15, -0.1) is 0 Å². The van der Waals surface area contributed by atoms with E-state index in [9.17, 15) is 14.4 Å². The second kappa shape index (κ2) is 53.2. The first-order valence-corrected chi connectivity index (χ1v) is 27.1. The van der Waals surface area contributed by atoms with Crippen LogP contribution in [0.1, 0.15) is 252 Å². The van der Waals surface area contributed by atoms with E-state index in [1.165, 1.54) is 128 Å². The molecule has 65 heavy (non-hydrogen) atoms. The fourth-order valence-electron chi connectivity index (χ4n) is 7.29. The summed E-state index contributed by atoms with van der Waals surface area (Å²) < 4.78 is 16.8. The summed E-state index contributed by atoms with van der Waals surface area (Å²) in [6.07, 6.45) is 68.5. The number of hydrogen-bond donors (Lipinski definition) is 0. The summed E-state index contributed by atoms with van der Waals surface area (Å²) >= 11 is 0. The van der Waals surface area contributed by atoms with E-state index in [0.717, 1.165) is 77.0 Å². The predicted octanol–water partition coefficient (Wildman–Crippen LogP) is 18.0. The molecule has 0 fully saturated rings. The van der Waals surface area contributed by atoms with Crippen LogP contribution in [0.5, 0.6) is 0 Å². The maximum Gasteiger partial charge on any atom is 0.306 e. The lowest BCUT2D eigenvalue weighted by atomic mass is 10.1. The van der Waals surface area contributed by atoms with Crippen LogP contribution in [0, 0.1) is 0 Å². The zero-order valence-electron chi connectivity index (χ0n) is 42.5. The Labute approximate surface area is 401 Å². The van der Waals surface area contributed by atoms with Crippen LogP contribution in [-0.2, 0) is 28.6 Å². The summed E-state index contributed by atoms with van der Waals surface area (Å²) in [6, 6.07) is 0. The van der Waals surface area contributed by atoms with Crippen molar-refractivity contribution in [3.05, 3.63) is 85.1 Å². The summed E-state index contributed by atoms with van der Waals surface area (Å²) in [5.74, 6) is -0.966. The lowest BCUT2D eigenvalue weighted by Gasteiger charge is -2.18. The van der Waals surface area contributed by atoms with Crippen LogP contribution in [0.15, 0.2) is 85.1 Å². The number of carbonyl (C=O) groups is 3. The van der Waals surface area contributed by atoms with Crippen molar-refractivity contribution in [3.63, 3.8) is 0 Å². The molecule has 372 valence electrons. The van der Waals surface area contributed by atoms with Crippen molar-refractivity contribution in [2.24, 2.45) is 0 Å². The molecule has 0 aromatic heterocycles. The molecule has 1 atom stereocenters. The molecule has 6 heteroatoms. The zero-order valence-corrected chi connectivity index (χ0v) is 42.5. The Kier molecular flexibility index (Phi) is 50.4. The minimum atomic E-state index is -0.803. The third kappa shape index (κ3) is 51.4. The molecular formula is C59H100O6. The molecule has 0 aliphatic carbocycles. The van der Waals surface area contributed by atoms with Crippen LogP contribution in [0.25, 0.3) is 0 Å². The molecule has 0 heterocycles. The number of unbranched alkanes of at least 4 members (excludes halogenated alkanes) is 23. The number of esters is 3. The van der Waals surface area contributed by atoms with Crippen molar-refractivity contribution in [3.8, 4) is 0 Å². The Bertz CT molecular complexity index is 1270. The Balaban J connectivity index is 4.48. The Hall–Kier alpha value is -3.41. The van der Waals surface area contributed by atoms with Crippen molar-refractivity contribution in [1.29, 1.82) is 0 Å². The minimum Gasteiger partial charge on any atom is -0.462 e. The van der Waals surface area contributed by atoms with E-state index in [0.29, 0.717) is 19.3 Å². The molecule has 0 aromatic rings. The summed E-state index contributed by atoms with van der Waals surface area (Å²) in [5.41, 5.74) is 0. The third-order valence-corrected chi connectivity index (χ3v) is 11.4. The lowest BCUT2D eigenvalue weighted by molar-refractivity contribution is -0.167. The Morgan fingerprint density at radius 1 is 0.323 bits per heavy atom. The Morgan fingerprint density at radius 2 is 0.615 bits per heavy atom. The molecular weight excluding hydrogens is 805 g/mol. The molecule has 0 spiro atoms. The molecule has 0 aromatic carbocycles. The first-order valence-electron chi connectivity index (χ1n) is 27.1. The highest BCUT2D eigenvalue weighted by molar-refractivity contribution is 5.71. The minimum absolute atomic E-state index is 0.0981. The normalized spacial score (nSPS) is 12.7. The van der Waals surface area contributed by atoms with Gasteiger partial charge in [-0.3, -0.25) is 14.4 Å². The van der Waals surface area contributed by atoms with Gasteiger partial charge in [0.05, 0.1) is 0 Å². The summed E-state index contributed by atoms with van der Waals surface area (Å²) in [7, 11) is 0. The second-order valence-electron chi connectivity index (χ2n) is 17.7. The number of allylic oxidation sites excluding steroid dienone is 14. The highest BCUT2D eigenvalue weighted by Crippen LogP contribution is 2.14. The van der Waals surface area contributed by atoms with E-state index in [1.54, 1.807) is 0 Å². The van der Waals surface area contributed by atoms with E-state index in [1.807, 2.05) is 0 Å². The highest BCUT2D eigenvalue weighted by atomic mass is 16.6. The van der Waals surface area contributed by atoms with E-state index >= 15 is 0 Å². The fourth-order valence-corrected chi connectivity index (χ4v) is 7.29. The van der Waals surface area contributed by atoms with Crippen molar-refractivity contribution in [2.45, 2.75) is 258 Å². The molecule has 0 N–H and O–H groups in total. The van der Waals surface area contributed by atoms with Gasteiger partial charge in [0.2, 0.25) is 0 Å². The standard InChI is InChI=1S/C59H100O6/c1-4-7-10-13-16-19-22-25-28-29-32-34-37-40-43-46-49-52-58(61)64-55-56(65-59(62)53-50-47-44-41-38-35-31-27-24-21-18-15-12-9-6-3)54-63-57(60)51-48-45-42-39-36-33-30-26-23-20-17-14-11-8-5-2/h7,10,16,19-21,23-25,28,32,34,40,43,56H,4-6,8-9,11-15,17-18,22,26-27,29-31,33,35-39,41-42,44-55H2,1-3H3/b10-7-,19-16-,23-20-,24-21-,28-25-,34-32-,43-40-. The van der Waals surface area contributed by atoms with Crippen LogP contribution in [0.3, 0.4) is 0 Å². The predicted molar refractivity (Wildman–Crippen MR) is 279 cm³/mol. The SMILES string of the molecule is CC/C=C\C/C=C\C/C=C\C/C=C\C/C=C\CCCC(=O)OCC(COC(=O)CCCCCCCCC/C=C\CCCCCC)OC(=O)CCCCCCCCC/C=C\CCCCCC. The number of carbonyl (C=O) groups excluding carboxylic acids is 3. The molecule has 1 unspecified atom stereocenters. The van der Waals surface area contributed by atoms with Gasteiger partial charge in [-0.25, -0.2) is 0 Å². The van der Waals surface area contributed by atoms with E-state index in [2.05, 4.69) is 106 Å². The van der Waals surface area contributed by atoms with Crippen LogP contribution in [0.4, 0.5) is 0 Å². The largest absolute Gasteiger partial charge is 0.462 e. The maximum atomic E-state index is 12.8. The van der Waals surface area contributed by atoms with Crippen molar-refractivity contribution >= 4 is 17.9 Å². The molecule has 0 amide bonds. The van der Waals surface area contributed by atoms with Gasteiger partial charge >= 0.3 is 17.9 Å². The number of rotatable bonds is 48. The number of ether oxygens (including phenoxy) is 3. The van der Waals surface area contributed by atoms with Gasteiger partial charge in [0.1, 0.15) is 13.2 Å². The monoisotopic (exact) mass is 905 g/mol. The average molecular weight is 905 g/mol. The molecule has 0 saturated heterocycles. The number of hydrogen-bond acceptors (Lipinski definition) is 6. The van der Waals surface area contributed by atoms with Gasteiger partial charge in [0, 0.05) is 19.3 Å². The molecule has 0 aliphatic rings. The van der Waals surface area contributed by atoms with Crippen LogP contribution in [0.2, 0.25) is 0 Å². The average Bonchev–Trinajstić information content (AvgIpc) is 3.30. The van der Waals surface area contributed by atoms with Crippen LogP contribution >= 0.6 is 0 Å². The zero-order chi connectivity index (χ0) is 47.2. The quantitative estimate of drug-likeness (QED) is 0.0262. The van der Waals surface area contributed by atoms with Gasteiger partial charge in [-0.2, -0.15) is 0 Å². The molecule has 0 rings (SSSR count). The first-order chi connectivity index (χ1) is 32.0. The third-order valence-electron chi connectivity index (χ3n) is 11.4. The van der Waals surface area contributed by atoms with Crippen molar-refractivity contribution in [1.82, 2.24) is 0 Å². The van der Waals surface area contributed by atoms with Crippen molar-refractivity contribution in [2.75, 3.05) is 13.2 Å². The molecule has 0 bridgehead atoms. The van der Waals surface area contributed by atoms with Gasteiger partial charge < -0.3 is 14.2 Å². The van der Waals surface area contributed by atoms with E-state index in [-0.39, 0.29) is 37.5 Å². The molecule has 0 radical (unpaired) electrons. The van der Waals surface area contributed by atoms with Gasteiger partial charge in [-0.1, -0.05) is 209 Å². The van der Waals surface area contributed by atoms with Gasteiger partial charge in [0.15, 0.2) is 6.10 Å². The first kappa shape index (κ1) is 61.6. The highest BCUT2D eigenvalue weighted by Gasteiger charge is 2.19. The lowest BCUT2D eigenvalue weighted by Crippen LogP contribution is -2.30. The van der Waals surface area contributed by atoms with Crippen LogP contribution in [-0.4, -0.2) is 37.2 Å². The summed E-state index contributed by atoms with van der Waals surface area (Å²) in [6.45, 7) is 6.45. The molecule has 6 nitrogen and oxygen atoms in total. The van der Waals surface area contributed by atoms with E-state index < -0.39 is 6.10 Å². The molecule has 0 saturated carbocycles. The van der Waals surface area contributed by atoms with Gasteiger partial charge in [0.25, 0.3) is 0 Å². The van der Waals surface area contributed by atoms with Crippen LogP contribution < -0.4 is 0 Å². The van der Waals surface area contributed by atoms with Gasteiger partial charge in [-0.05, 0) is 109 Å². The maximum absolute atomic E-state index is 12.8. The molecule has 0 aliphatic heterocycles.